The van der Waals surface area contributed by atoms with Crippen molar-refractivity contribution in [3.8, 4) is 0 Å². The van der Waals surface area contributed by atoms with Crippen LogP contribution in [-0.2, 0) is 0 Å². The van der Waals surface area contributed by atoms with Crippen molar-refractivity contribution in [1.29, 1.82) is 0 Å². The summed E-state index contributed by atoms with van der Waals surface area (Å²) >= 11 is 0. The van der Waals surface area contributed by atoms with Gasteiger partial charge in [0.25, 0.3) is 0 Å². The summed E-state index contributed by atoms with van der Waals surface area (Å²) in [6, 6.07) is 0.668. The van der Waals surface area contributed by atoms with Crippen LogP contribution in [0.5, 0.6) is 0 Å². The quantitative estimate of drug-likeness (QED) is 0.565. The Labute approximate surface area is 56.3 Å². The molecule has 1 saturated heterocycles. The van der Waals surface area contributed by atoms with Crippen molar-refractivity contribution in [3.05, 3.63) is 11.9 Å². The van der Waals surface area contributed by atoms with Gasteiger partial charge in [0, 0.05) is 12.6 Å². The van der Waals surface area contributed by atoms with Crippen molar-refractivity contribution in [2.24, 2.45) is 5.73 Å². The van der Waals surface area contributed by atoms with Crippen LogP contribution in [0.1, 0.15) is 20.3 Å². The summed E-state index contributed by atoms with van der Waals surface area (Å²) in [4.78, 5) is 2.21. The fourth-order valence-electron chi connectivity index (χ4n) is 1.07. The van der Waals surface area contributed by atoms with Crippen LogP contribution in [0, 0.1) is 0 Å². The molecule has 0 saturated carbocycles. The fourth-order valence-corrected chi connectivity index (χ4v) is 1.07. The molecule has 0 unspecified atom stereocenters. The van der Waals surface area contributed by atoms with E-state index < -0.39 is 0 Å². The van der Waals surface area contributed by atoms with E-state index in [-0.39, 0.29) is 0 Å². The van der Waals surface area contributed by atoms with Gasteiger partial charge in [-0.3, -0.25) is 0 Å². The van der Waals surface area contributed by atoms with Gasteiger partial charge in [-0.05, 0) is 26.3 Å². The topological polar surface area (TPSA) is 29.3 Å². The monoisotopic (exact) mass is 126 g/mol. The van der Waals surface area contributed by atoms with Crippen molar-refractivity contribution in [1.82, 2.24) is 4.90 Å². The number of hydrogen-bond donors (Lipinski definition) is 1. The van der Waals surface area contributed by atoms with Crippen LogP contribution in [-0.4, -0.2) is 17.5 Å². The molecule has 1 rings (SSSR count). The van der Waals surface area contributed by atoms with Gasteiger partial charge in [-0.2, -0.15) is 0 Å². The van der Waals surface area contributed by atoms with Crippen LogP contribution in [0.2, 0.25) is 0 Å². The van der Waals surface area contributed by atoms with Crippen molar-refractivity contribution in [2.45, 2.75) is 26.3 Å². The highest BCUT2D eigenvalue weighted by Crippen LogP contribution is 2.18. The fraction of sp³-hybridized carbons (Fsp3) is 0.714. The highest BCUT2D eigenvalue weighted by molar-refractivity contribution is 5.00. The van der Waals surface area contributed by atoms with Gasteiger partial charge in [0.15, 0.2) is 0 Å². The van der Waals surface area contributed by atoms with Crippen LogP contribution in [0.3, 0.4) is 0 Å². The second-order valence-electron chi connectivity index (χ2n) is 2.54. The van der Waals surface area contributed by atoms with E-state index in [1.807, 2.05) is 13.0 Å². The molecule has 1 fully saturated rings. The van der Waals surface area contributed by atoms with Gasteiger partial charge in [-0.15, -0.1) is 0 Å². The van der Waals surface area contributed by atoms with Crippen LogP contribution in [0.15, 0.2) is 11.9 Å². The van der Waals surface area contributed by atoms with Crippen molar-refractivity contribution in [2.75, 3.05) is 6.54 Å². The van der Waals surface area contributed by atoms with Crippen LogP contribution in [0.25, 0.3) is 0 Å². The second-order valence-corrected chi connectivity index (χ2v) is 2.54. The van der Waals surface area contributed by atoms with E-state index in [0.29, 0.717) is 6.04 Å². The highest BCUT2D eigenvalue weighted by atomic mass is 15.3. The van der Waals surface area contributed by atoms with Gasteiger partial charge in [0.2, 0.25) is 0 Å². The van der Waals surface area contributed by atoms with Gasteiger partial charge in [0.1, 0.15) is 0 Å². The molecule has 0 bridgehead atoms. The van der Waals surface area contributed by atoms with E-state index in [1.165, 1.54) is 6.42 Å². The molecule has 0 aliphatic carbocycles. The Bertz CT molecular complexity index is 129. The van der Waals surface area contributed by atoms with E-state index in [4.69, 9.17) is 5.73 Å². The molecule has 2 N–H and O–H groups in total. The van der Waals surface area contributed by atoms with Gasteiger partial charge in [-0.1, -0.05) is 0 Å². The molecule has 0 amide bonds. The average molecular weight is 126 g/mol. The van der Waals surface area contributed by atoms with Gasteiger partial charge in [-0.25, -0.2) is 0 Å². The first-order valence-electron chi connectivity index (χ1n) is 3.44. The van der Waals surface area contributed by atoms with Crippen molar-refractivity contribution >= 4 is 0 Å². The van der Waals surface area contributed by atoms with Crippen LogP contribution in [0.4, 0.5) is 0 Å². The first kappa shape index (κ1) is 6.46. The Morgan fingerprint density at radius 3 is 2.56 bits per heavy atom. The summed E-state index contributed by atoms with van der Waals surface area (Å²) in [5.74, 6) is 0.925. The van der Waals surface area contributed by atoms with Gasteiger partial charge < -0.3 is 10.6 Å². The summed E-state index contributed by atoms with van der Waals surface area (Å²) in [7, 11) is 0. The number of likely N-dealkylation sites (tertiary alicyclic amines) is 1. The van der Waals surface area contributed by atoms with E-state index >= 15 is 0 Å². The molecule has 1 aliphatic heterocycles. The lowest BCUT2D eigenvalue weighted by Gasteiger charge is -2.40. The minimum atomic E-state index is 0.668. The maximum atomic E-state index is 5.66. The maximum Gasteiger partial charge on any atom is 0.0944 e. The van der Waals surface area contributed by atoms with E-state index in [9.17, 15) is 0 Å². The maximum absolute atomic E-state index is 5.66. The predicted octanol–water partition coefficient (Wildman–Crippen LogP) is 0.901. The third-order valence-corrected chi connectivity index (χ3v) is 1.95. The summed E-state index contributed by atoms with van der Waals surface area (Å²) in [6.45, 7) is 5.30. The molecule has 2 heteroatoms. The number of hydrogen-bond acceptors (Lipinski definition) is 2. The number of allylic oxidation sites excluding steroid dienone is 1. The molecule has 9 heavy (non-hydrogen) atoms. The number of nitrogens with two attached hydrogens (primary N) is 1. The van der Waals surface area contributed by atoms with Crippen molar-refractivity contribution < 1.29 is 0 Å². The molecule has 0 radical (unpaired) electrons. The first-order chi connectivity index (χ1) is 4.25. The minimum Gasteiger partial charge on any atom is -0.386 e. The Kier molecular flexibility index (Phi) is 1.65. The molecule has 1 aliphatic rings. The number of rotatable bonds is 1. The average Bonchev–Trinajstić information content (AvgIpc) is 1.84. The SMILES string of the molecule is C/C=C(\N)N1CC[C@H]1C. The molecular formula is C7H14N2. The second kappa shape index (κ2) is 2.29. The number of nitrogens with zero attached hydrogens (tertiary/aromatic N) is 1. The lowest BCUT2D eigenvalue weighted by molar-refractivity contribution is 0.149. The van der Waals surface area contributed by atoms with Crippen LogP contribution >= 0.6 is 0 Å². The zero-order valence-corrected chi connectivity index (χ0v) is 6.09. The largest absolute Gasteiger partial charge is 0.386 e. The van der Waals surface area contributed by atoms with Gasteiger partial charge in [0.05, 0.1) is 5.82 Å². The van der Waals surface area contributed by atoms with Crippen LogP contribution < -0.4 is 5.73 Å². The molecule has 1 heterocycles. The van der Waals surface area contributed by atoms with Gasteiger partial charge >= 0.3 is 0 Å². The summed E-state index contributed by atoms with van der Waals surface area (Å²) in [5.41, 5.74) is 5.66. The smallest absolute Gasteiger partial charge is 0.0944 e. The molecule has 0 spiro atoms. The highest BCUT2D eigenvalue weighted by Gasteiger charge is 2.22. The Morgan fingerprint density at radius 2 is 2.44 bits per heavy atom. The zero-order chi connectivity index (χ0) is 6.85. The molecule has 0 aromatic heterocycles. The Balaban J connectivity index is 2.44. The molecule has 0 aromatic carbocycles. The molecule has 2 nitrogen and oxygen atoms in total. The van der Waals surface area contributed by atoms with Crippen molar-refractivity contribution in [3.63, 3.8) is 0 Å². The lowest BCUT2D eigenvalue weighted by atomic mass is 10.1. The molecule has 1 atom stereocenters. The van der Waals surface area contributed by atoms with E-state index in [2.05, 4.69) is 11.8 Å². The van der Waals surface area contributed by atoms with E-state index in [1.54, 1.807) is 0 Å². The summed E-state index contributed by atoms with van der Waals surface area (Å²) in [5, 5.41) is 0. The minimum absolute atomic E-state index is 0.668. The Morgan fingerprint density at radius 1 is 1.78 bits per heavy atom. The molecule has 52 valence electrons. The predicted molar refractivity (Wildman–Crippen MR) is 38.7 cm³/mol. The third-order valence-electron chi connectivity index (χ3n) is 1.95. The molecule has 0 aromatic rings. The Hall–Kier alpha value is -0.660. The zero-order valence-electron chi connectivity index (χ0n) is 6.09. The third kappa shape index (κ3) is 1.02. The summed E-state index contributed by atoms with van der Waals surface area (Å²) in [6.07, 6.45) is 3.24. The summed E-state index contributed by atoms with van der Waals surface area (Å²) < 4.78 is 0. The first-order valence-corrected chi connectivity index (χ1v) is 3.44. The van der Waals surface area contributed by atoms with E-state index in [0.717, 1.165) is 12.4 Å². The normalized spacial score (nSPS) is 28.0. The lowest BCUT2D eigenvalue weighted by Crippen LogP contribution is -2.46. The standard InChI is InChI=1S/C7H14N2/c1-3-7(8)9-5-4-6(9)2/h3,6H,4-5,8H2,1-2H3/b7-3+/t6-/m1/s1. The molecular weight excluding hydrogens is 112 g/mol.